The molecule has 0 radical (unpaired) electrons. The first-order valence-electron chi connectivity index (χ1n) is 5.10. The van der Waals surface area contributed by atoms with Gasteiger partial charge in [0.15, 0.2) is 0 Å². The van der Waals surface area contributed by atoms with Crippen LogP contribution in [0.2, 0.25) is 0 Å². The zero-order valence-corrected chi connectivity index (χ0v) is 11.4. The van der Waals surface area contributed by atoms with Gasteiger partial charge in [0.2, 0.25) is 0 Å². The maximum atomic E-state index is 12.8. The number of rotatable bonds is 3. The fourth-order valence-electron chi connectivity index (χ4n) is 1.59. The Hall–Kier alpha value is 0.460. The van der Waals surface area contributed by atoms with E-state index in [1.54, 1.807) is 0 Å². The maximum Gasteiger partial charge on any atom is 0.278 e. The highest BCUT2D eigenvalue weighted by molar-refractivity contribution is 7.80. The van der Waals surface area contributed by atoms with Gasteiger partial charge in [-0.2, -0.15) is 12.6 Å². The Balaban J connectivity index is 2.84. The summed E-state index contributed by atoms with van der Waals surface area (Å²) >= 11 is 4.01. The average molecular weight is 253 g/mol. The summed E-state index contributed by atoms with van der Waals surface area (Å²) in [6.45, 7) is 8.39. The Morgan fingerprint density at radius 3 is 2.33 bits per heavy atom. The van der Waals surface area contributed by atoms with Crippen molar-refractivity contribution in [3.05, 3.63) is 0 Å². The lowest BCUT2D eigenvalue weighted by atomic mass is 10.3. The molecule has 0 N–H and O–H groups in total. The van der Waals surface area contributed by atoms with E-state index in [1.807, 2.05) is 25.4 Å². The molecule has 1 fully saturated rings. The van der Waals surface area contributed by atoms with Crippen molar-refractivity contribution in [2.24, 2.45) is 0 Å². The first-order valence-corrected chi connectivity index (χ1v) is 7.31. The third kappa shape index (κ3) is 2.98. The molecule has 4 nitrogen and oxygen atoms in total. The Kier molecular flexibility index (Phi) is 4.68. The molecule has 0 bridgehead atoms. The topological polar surface area (TPSA) is 38.8 Å². The summed E-state index contributed by atoms with van der Waals surface area (Å²) in [6.07, 6.45) is 0. The van der Waals surface area contributed by atoms with Crippen LogP contribution in [0.25, 0.3) is 0 Å². The minimum atomic E-state index is -2.80. The number of thiol groups is 1. The second-order valence-electron chi connectivity index (χ2n) is 4.52. The summed E-state index contributed by atoms with van der Waals surface area (Å²) in [7, 11) is -2.80. The fourth-order valence-corrected chi connectivity index (χ4v) is 4.31. The average Bonchev–Trinajstić information content (AvgIpc) is 2.18. The number of hydrogen-bond acceptors (Lipinski definition) is 4. The van der Waals surface area contributed by atoms with Crippen molar-refractivity contribution >= 4 is 20.1 Å². The van der Waals surface area contributed by atoms with Gasteiger partial charge in [-0.3, -0.25) is 4.57 Å². The molecule has 1 unspecified atom stereocenters. The van der Waals surface area contributed by atoms with E-state index in [9.17, 15) is 4.57 Å². The predicted octanol–water partition coefficient (Wildman–Crippen LogP) is 2.21. The minimum Gasteiger partial charge on any atom is -0.379 e. The van der Waals surface area contributed by atoms with E-state index in [-0.39, 0.29) is 11.1 Å². The molecular formula is C9H20NO3PS. The summed E-state index contributed by atoms with van der Waals surface area (Å²) < 4.78 is 25.4. The zero-order chi connectivity index (χ0) is 11.5. The fraction of sp³-hybridized carbons (Fsp3) is 1.00. The van der Waals surface area contributed by atoms with Gasteiger partial charge in [-0.15, -0.1) is 0 Å². The van der Waals surface area contributed by atoms with Crippen LogP contribution >= 0.6 is 20.1 Å². The predicted molar refractivity (Wildman–Crippen MR) is 64.7 cm³/mol. The highest BCUT2D eigenvalue weighted by Crippen LogP contribution is 2.61. The summed E-state index contributed by atoms with van der Waals surface area (Å²) in [5.41, 5.74) is 0. The monoisotopic (exact) mass is 253 g/mol. The van der Waals surface area contributed by atoms with E-state index in [0.717, 1.165) is 0 Å². The van der Waals surface area contributed by atoms with Gasteiger partial charge in [0.05, 0.1) is 24.3 Å². The molecule has 15 heavy (non-hydrogen) atoms. The highest BCUT2D eigenvalue weighted by Gasteiger charge is 2.43. The van der Waals surface area contributed by atoms with Crippen LogP contribution in [0.15, 0.2) is 0 Å². The number of hydrogen-bond donors (Lipinski definition) is 1. The first kappa shape index (κ1) is 13.5. The number of nitrogens with zero attached hydrogens (tertiary/aromatic N) is 1. The normalized spacial score (nSPS) is 23.7. The molecule has 0 saturated carbocycles. The second-order valence-corrected chi connectivity index (χ2v) is 7.98. The lowest BCUT2D eigenvalue weighted by Crippen LogP contribution is -2.39. The van der Waals surface area contributed by atoms with Crippen molar-refractivity contribution in [1.82, 2.24) is 4.67 Å². The second kappa shape index (κ2) is 5.19. The first-order chi connectivity index (χ1) is 6.92. The van der Waals surface area contributed by atoms with Crippen LogP contribution < -0.4 is 0 Å². The molecule has 90 valence electrons. The third-order valence-electron chi connectivity index (χ3n) is 2.44. The highest BCUT2D eigenvalue weighted by atomic mass is 32.1. The van der Waals surface area contributed by atoms with Gasteiger partial charge < -0.3 is 9.26 Å². The van der Waals surface area contributed by atoms with Crippen LogP contribution in [0, 0.1) is 0 Å². The Morgan fingerprint density at radius 1 is 1.40 bits per heavy atom. The van der Waals surface area contributed by atoms with Gasteiger partial charge in [0.1, 0.15) is 0 Å². The van der Waals surface area contributed by atoms with Crippen LogP contribution in [0.4, 0.5) is 0 Å². The molecule has 0 spiro atoms. The van der Waals surface area contributed by atoms with Gasteiger partial charge >= 0.3 is 0 Å². The van der Waals surface area contributed by atoms with Gasteiger partial charge in [0, 0.05) is 13.1 Å². The molecule has 1 heterocycles. The molecule has 0 aromatic carbocycles. The van der Waals surface area contributed by atoms with E-state index in [1.165, 1.54) is 0 Å². The molecule has 1 aliphatic rings. The van der Waals surface area contributed by atoms with E-state index in [0.29, 0.717) is 26.3 Å². The van der Waals surface area contributed by atoms with Crippen LogP contribution in [-0.4, -0.2) is 42.1 Å². The molecule has 1 atom stereocenters. The van der Waals surface area contributed by atoms with Crippen molar-refractivity contribution < 1.29 is 13.8 Å². The van der Waals surface area contributed by atoms with Gasteiger partial charge in [-0.1, -0.05) is 0 Å². The molecule has 1 aliphatic heterocycles. The lowest BCUT2D eigenvalue weighted by molar-refractivity contribution is 0.0641. The standard InChI is InChI=1S/C9H20NO3PS/c1-9(2,3)14(11,13-8-15)10-4-6-12-7-5-10/h15H,4-8H2,1-3H3. The third-order valence-corrected chi connectivity index (χ3v) is 6.09. The molecule has 0 aromatic heterocycles. The van der Waals surface area contributed by atoms with E-state index >= 15 is 0 Å². The molecule has 1 saturated heterocycles. The van der Waals surface area contributed by atoms with Crippen molar-refractivity contribution in [1.29, 1.82) is 0 Å². The van der Waals surface area contributed by atoms with Crippen LogP contribution in [-0.2, 0) is 13.8 Å². The van der Waals surface area contributed by atoms with Crippen LogP contribution in [0.5, 0.6) is 0 Å². The minimum absolute atomic E-state index is 0.186. The van der Waals surface area contributed by atoms with Gasteiger partial charge in [-0.25, -0.2) is 4.67 Å². The lowest BCUT2D eigenvalue weighted by Gasteiger charge is -2.40. The summed E-state index contributed by atoms with van der Waals surface area (Å²) in [4.78, 5) is 0. The summed E-state index contributed by atoms with van der Waals surface area (Å²) in [5.74, 6) is 0.186. The van der Waals surface area contributed by atoms with Crippen LogP contribution in [0.1, 0.15) is 20.8 Å². The van der Waals surface area contributed by atoms with Crippen molar-refractivity contribution in [3.63, 3.8) is 0 Å². The largest absolute Gasteiger partial charge is 0.379 e. The van der Waals surface area contributed by atoms with Crippen molar-refractivity contribution in [2.75, 3.05) is 32.2 Å². The molecular weight excluding hydrogens is 233 g/mol. The molecule has 1 rings (SSSR count). The van der Waals surface area contributed by atoms with Gasteiger partial charge in [0.25, 0.3) is 7.52 Å². The number of ether oxygens (including phenoxy) is 1. The van der Waals surface area contributed by atoms with Gasteiger partial charge in [-0.05, 0) is 20.8 Å². The maximum absolute atomic E-state index is 12.8. The SMILES string of the molecule is CC(C)(C)P(=O)(OCS)N1CCOCC1. The Bertz CT molecular complexity index is 248. The molecule has 0 aromatic rings. The van der Waals surface area contributed by atoms with E-state index < -0.39 is 7.52 Å². The molecule has 0 amide bonds. The number of morpholine rings is 1. The quantitative estimate of drug-likeness (QED) is 0.475. The van der Waals surface area contributed by atoms with E-state index in [4.69, 9.17) is 9.26 Å². The summed E-state index contributed by atoms with van der Waals surface area (Å²) in [6, 6.07) is 0. The van der Waals surface area contributed by atoms with Crippen molar-refractivity contribution in [3.8, 4) is 0 Å². The summed E-state index contributed by atoms with van der Waals surface area (Å²) in [5, 5.41) is -0.382. The Labute approximate surface area is 97.2 Å². The van der Waals surface area contributed by atoms with Crippen LogP contribution in [0.3, 0.4) is 0 Å². The smallest absolute Gasteiger partial charge is 0.278 e. The zero-order valence-electron chi connectivity index (χ0n) is 9.60. The van der Waals surface area contributed by atoms with Crippen molar-refractivity contribution in [2.45, 2.75) is 25.9 Å². The Morgan fingerprint density at radius 2 is 1.93 bits per heavy atom. The molecule has 6 heteroatoms. The molecule has 0 aliphatic carbocycles. The van der Waals surface area contributed by atoms with E-state index in [2.05, 4.69) is 12.6 Å².